The van der Waals surface area contributed by atoms with Crippen molar-refractivity contribution < 1.29 is 19.1 Å². The number of hydrogen-bond donors (Lipinski definition) is 2. The van der Waals surface area contributed by atoms with Crippen LogP contribution in [0.1, 0.15) is 34.1 Å². The van der Waals surface area contributed by atoms with Crippen LogP contribution in [0, 0.1) is 13.8 Å². The van der Waals surface area contributed by atoms with E-state index in [-0.39, 0.29) is 10.7 Å². The lowest BCUT2D eigenvalue weighted by Crippen LogP contribution is -2.41. The van der Waals surface area contributed by atoms with E-state index in [9.17, 15) is 14.4 Å². The molecule has 0 spiro atoms. The zero-order valence-corrected chi connectivity index (χ0v) is 18.6. The quantitative estimate of drug-likeness (QED) is 0.546. The molecule has 0 bridgehead atoms. The minimum Gasteiger partial charge on any atom is -0.449 e. The van der Waals surface area contributed by atoms with Crippen molar-refractivity contribution in [3.8, 4) is 0 Å². The predicted octanol–water partition coefficient (Wildman–Crippen LogP) is 4.10. The first kappa shape index (κ1) is 23.0. The molecule has 0 saturated heterocycles. The number of rotatable bonds is 6. The molecule has 0 aliphatic carbocycles. The number of aryl methyl sites for hydroxylation is 2. The number of anilines is 1. The molecule has 1 aromatic heterocycles. The second-order valence-corrected chi connectivity index (χ2v) is 7.61. The van der Waals surface area contributed by atoms with E-state index >= 15 is 0 Å². The van der Waals surface area contributed by atoms with Crippen LogP contribution < -0.4 is 10.6 Å². The van der Waals surface area contributed by atoms with E-state index in [4.69, 9.17) is 16.3 Å². The Kier molecular flexibility index (Phi) is 7.27. The number of hydrogen-bond acceptors (Lipinski definition) is 5. The maximum absolute atomic E-state index is 12.6. The molecule has 1 unspecified atom stereocenters. The van der Waals surface area contributed by atoms with Crippen LogP contribution in [0.2, 0.25) is 5.15 Å². The molecule has 3 amide bonds. The van der Waals surface area contributed by atoms with Crippen molar-refractivity contribution in [2.24, 2.45) is 0 Å². The third-order valence-electron chi connectivity index (χ3n) is 4.64. The lowest BCUT2D eigenvalue weighted by Gasteiger charge is -2.13. The molecule has 1 atom stereocenters. The number of benzene rings is 2. The van der Waals surface area contributed by atoms with Gasteiger partial charge in [-0.1, -0.05) is 59.6 Å². The number of amides is 3. The first-order chi connectivity index (χ1) is 15.2. The summed E-state index contributed by atoms with van der Waals surface area (Å²) in [4.78, 5) is 36.9. The van der Waals surface area contributed by atoms with E-state index in [0.717, 1.165) is 11.1 Å². The van der Waals surface area contributed by atoms with Crippen LogP contribution in [0.5, 0.6) is 0 Å². The summed E-state index contributed by atoms with van der Waals surface area (Å²) >= 11 is 6.38. The van der Waals surface area contributed by atoms with Crippen molar-refractivity contribution in [1.82, 2.24) is 15.1 Å². The van der Waals surface area contributed by atoms with Crippen LogP contribution in [0.15, 0.2) is 54.6 Å². The second kappa shape index (κ2) is 10.1. The topological polar surface area (TPSA) is 102 Å². The van der Waals surface area contributed by atoms with E-state index in [1.165, 1.54) is 11.6 Å². The Morgan fingerprint density at radius 3 is 2.38 bits per heavy atom. The third kappa shape index (κ3) is 5.73. The van der Waals surface area contributed by atoms with Crippen molar-refractivity contribution in [1.29, 1.82) is 0 Å². The summed E-state index contributed by atoms with van der Waals surface area (Å²) in [6.45, 7) is 5.36. The van der Waals surface area contributed by atoms with Crippen molar-refractivity contribution in [2.45, 2.75) is 33.4 Å². The molecule has 0 aliphatic rings. The smallest absolute Gasteiger partial charge is 0.343 e. The number of nitrogens with one attached hydrogen (secondary N) is 2. The highest BCUT2D eigenvalue weighted by molar-refractivity contribution is 6.32. The standard InChI is InChI=1S/C23H23ClN4O4/c1-14-9-11-17(12-10-14)13-28-20(24)19(15(2)27-28)22(30)32-16(3)21(29)26-23(31)25-18-7-5-4-6-8-18/h4-12,16H,13H2,1-3H3,(H2,25,26,29,31). The molecule has 1 heterocycles. The molecule has 0 aliphatic heterocycles. The fraction of sp³-hybridized carbons (Fsp3) is 0.217. The number of aromatic nitrogens is 2. The van der Waals surface area contributed by atoms with E-state index < -0.39 is 24.0 Å². The largest absolute Gasteiger partial charge is 0.449 e. The van der Waals surface area contributed by atoms with Crippen molar-refractivity contribution in [3.05, 3.63) is 82.1 Å². The monoisotopic (exact) mass is 454 g/mol. The van der Waals surface area contributed by atoms with Gasteiger partial charge in [0.05, 0.1) is 12.2 Å². The van der Waals surface area contributed by atoms with E-state index in [1.54, 1.807) is 37.3 Å². The number of carbonyl (C=O) groups excluding carboxylic acids is 3. The maximum atomic E-state index is 12.6. The highest BCUT2D eigenvalue weighted by Gasteiger charge is 2.26. The number of halogens is 1. The summed E-state index contributed by atoms with van der Waals surface area (Å²) < 4.78 is 6.72. The molecule has 32 heavy (non-hydrogen) atoms. The molecule has 0 saturated carbocycles. The molecule has 3 aromatic rings. The Morgan fingerprint density at radius 1 is 1.06 bits per heavy atom. The van der Waals surface area contributed by atoms with Crippen molar-refractivity contribution >= 4 is 35.2 Å². The Hall–Kier alpha value is -3.65. The van der Waals surface area contributed by atoms with E-state index in [0.29, 0.717) is 17.9 Å². The highest BCUT2D eigenvalue weighted by Crippen LogP contribution is 2.22. The molecule has 0 radical (unpaired) electrons. The number of imide groups is 1. The van der Waals surface area contributed by atoms with Gasteiger partial charge in [0.25, 0.3) is 5.91 Å². The van der Waals surface area contributed by atoms with Crippen LogP contribution >= 0.6 is 11.6 Å². The number of urea groups is 1. The van der Waals surface area contributed by atoms with Gasteiger partial charge in [-0.2, -0.15) is 5.10 Å². The van der Waals surface area contributed by atoms with Gasteiger partial charge in [0, 0.05) is 5.69 Å². The van der Waals surface area contributed by atoms with Crippen LogP contribution in [0.25, 0.3) is 0 Å². The van der Waals surface area contributed by atoms with Gasteiger partial charge in [0.2, 0.25) is 0 Å². The van der Waals surface area contributed by atoms with Gasteiger partial charge in [-0.15, -0.1) is 0 Å². The summed E-state index contributed by atoms with van der Waals surface area (Å²) in [5.74, 6) is -1.57. The van der Waals surface area contributed by atoms with Gasteiger partial charge < -0.3 is 10.1 Å². The average molecular weight is 455 g/mol. The Balaban J connectivity index is 1.62. The molecule has 166 valence electrons. The van der Waals surface area contributed by atoms with Gasteiger partial charge in [-0.3, -0.25) is 10.1 Å². The third-order valence-corrected chi connectivity index (χ3v) is 5.03. The molecule has 8 nitrogen and oxygen atoms in total. The predicted molar refractivity (Wildman–Crippen MR) is 121 cm³/mol. The summed E-state index contributed by atoms with van der Waals surface area (Å²) in [6.07, 6.45) is -1.22. The lowest BCUT2D eigenvalue weighted by atomic mass is 10.1. The van der Waals surface area contributed by atoms with Crippen molar-refractivity contribution in [2.75, 3.05) is 5.32 Å². The molecule has 0 fully saturated rings. The molecule has 9 heteroatoms. The molecule has 3 rings (SSSR count). The summed E-state index contributed by atoms with van der Waals surface area (Å²) in [5, 5.41) is 9.08. The minimum atomic E-state index is -1.22. The molecular weight excluding hydrogens is 432 g/mol. The van der Waals surface area contributed by atoms with Crippen molar-refractivity contribution in [3.63, 3.8) is 0 Å². The first-order valence-corrected chi connectivity index (χ1v) is 10.3. The first-order valence-electron chi connectivity index (χ1n) is 9.91. The van der Waals surface area contributed by atoms with E-state index in [2.05, 4.69) is 15.7 Å². The van der Waals surface area contributed by atoms with Gasteiger partial charge in [-0.05, 0) is 38.5 Å². The summed E-state index contributed by atoms with van der Waals surface area (Å²) in [7, 11) is 0. The Bertz CT molecular complexity index is 1130. The number of esters is 1. The number of nitrogens with zero attached hydrogens (tertiary/aromatic N) is 2. The van der Waals surface area contributed by atoms with E-state index in [1.807, 2.05) is 31.2 Å². The molecule has 2 N–H and O–H groups in total. The molecular formula is C23H23ClN4O4. The fourth-order valence-electron chi connectivity index (χ4n) is 2.93. The lowest BCUT2D eigenvalue weighted by molar-refractivity contribution is -0.127. The van der Waals surface area contributed by atoms with Crippen LogP contribution in [0.3, 0.4) is 0 Å². The van der Waals surface area contributed by atoms with Gasteiger partial charge in [0.1, 0.15) is 10.7 Å². The van der Waals surface area contributed by atoms with Gasteiger partial charge in [0.15, 0.2) is 6.10 Å². The van der Waals surface area contributed by atoms with Gasteiger partial charge in [-0.25, -0.2) is 14.3 Å². The summed E-state index contributed by atoms with van der Waals surface area (Å²) in [5.41, 5.74) is 3.07. The number of para-hydroxylation sites is 1. The normalized spacial score (nSPS) is 11.5. The number of ether oxygens (including phenoxy) is 1. The highest BCUT2D eigenvalue weighted by atomic mass is 35.5. The molecule has 2 aromatic carbocycles. The van der Waals surface area contributed by atoms with Crippen LogP contribution in [0.4, 0.5) is 10.5 Å². The maximum Gasteiger partial charge on any atom is 0.343 e. The Labute approximate surface area is 190 Å². The minimum absolute atomic E-state index is 0.0761. The average Bonchev–Trinajstić information content (AvgIpc) is 3.03. The number of carbonyl (C=O) groups is 3. The van der Waals surface area contributed by atoms with Crippen LogP contribution in [-0.4, -0.2) is 33.8 Å². The fourth-order valence-corrected chi connectivity index (χ4v) is 3.24. The zero-order chi connectivity index (χ0) is 23.3. The summed E-state index contributed by atoms with van der Waals surface area (Å²) in [6, 6.07) is 15.8. The SMILES string of the molecule is Cc1ccc(Cn2nc(C)c(C(=O)OC(C)C(=O)NC(=O)Nc3ccccc3)c2Cl)cc1. The van der Waals surface area contributed by atoms with Crippen LogP contribution in [-0.2, 0) is 16.1 Å². The van der Waals surface area contributed by atoms with Gasteiger partial charge >= 0.3 is 12.0 Å². The zero-order valence-electron chi connectivity index (χ0n) is 17.9. The Morgan fingerprint density at radius 2 is 1.72 bits per heavy atom. The second-order valence-electron chi connectivity index (χ2n) is 7.25.